The van der Waals surface area contributed by atoms with Crippen LogP contribution in [0.4, 0.5) is 5.69 Å². The van der Waals surface area contributed by atoms with E-state index >= 15 is 0 Å². The summed E-state index contributed by atoms with van der Waals surface area (Å²) in [5, 5.41) is 7.75. The molecule has 0 bridgehead atoms. The first kappa shape index (κ1) is 13.0. The smallest absolute Gasteiger partial charge is 0.263 e. The fourth-order valence-electron chi connectivity index (χ4n) is 1.88. The van der Waals surface area contributed by atoms with Gasteiger partial charge in [-0.25, -0.2) is 0 Å². The molecule has 0 atom stereocenters. The lowest BCUT2D eigenvalue weighted by Gasteiger charge is -2.01. The van der Waals surface area contributed by atoms with Gasteiger partial charge in [-0.2, -0.15) is 0 Å². The lowest BCUT2D eigenvalue weighted by atomic mass is 10.2. The molecule has 0 fully saturated rings. The van der Waals surface area contributed by atoms with Crippen molar-refractivity contribution in [1.82, 2.24) is 10.5 Å². The van der Waals surface area contributed by atoms with E-state index < -0.39 is 0 Å². The highest BCUT2D eigenvalue weighted by atomic mass is 35.5. The fraction of sp³-hybridized carbons (Fsp3) is 0.0769. The number of nitrogens with zero attached hydrogens (tertiary/aromatic N) is 1. The van der Waals surface area contributed by atoms with Gasteiger partial charge in [0.25, 0.3) is 5.91 Å². The van der Waals surface area contributed by atoms with Crippen LogP contribution in [-0.4, -0.2) is 11.1 Å². The Kier molecular flexibility index (Phi) is 3.33. The average molecular weight is 308 g/mol. The number of aromatic nitrogens is 1. The molecule has 0 spiro atoms. The van der Waals surface area contributed by atoms with Crippen LogP contribution in [0.5, 0.6) is 0 Å². The van der Waals surface area contributed by atoms with Gasteiger partial charge in [0.2, 0.25) is 0 Å². The van der Waals surface area contributed by atoms with E-state index in [0.29, 0.717) is 21.3 Å². The van der Waals surface area contributed by atoms with Crippen LogP contribution in [-0.2, 0) is 6.54 Å². The molecule has 0 saturated carbocycles. The fourth-order valence-corrected chi connectivity index (χ4v) is 3.28. The maximum Gasteiger partial charge on any atom is 0.263 e. The van der Waals surface area contributed by atoms with Crippen molar-refractivity contribution < 1.29 is 9.32 Å². The van der Waals surface area contributed by atoms with Crippen LogP contribution < -0.4 is 11.1 Å². The van der Waals surface area contributed by atoms with Crippen LogP contribution in [0.15, 0.2) is 35.1 Å². The number of fused-ring (bicyclic) bond motifs is 1. The number of anilines is 1. The molecule has 5 nitrogen and oxygen atoms in total. The van der Waals surface area contributed by atoms with Crippen molar-refractivity contribution in [2.45, 2.75) is 6.54 Å². The third kappa shape index (κ3) is 2.23. The maximum absolute atomic E-state index is 12.2. The lowest BCUT2D eigenvalue weighted by molar-refractivity contribution is 0.0955. The minimum Gasteiger partial charge on any atom is -0.397 e. The van der Waals surface area contributed by atoms with E-state index in [1.807, 2.05) is 12.1 Å². The predicted molar refractivity (Wildman–Crippen MR) is 78.9 cm³/mol. The molecule has 0 aliphatic rings. The number of carbonyl (C=O) groups is 1. The Balaban J connectivity index is 1.88. The summed E-state index contributed by atoms with van der Waals surface area (Å²) in [5.41, 5.74) is 7.08. The molecule has 3 rings (SSSR count). The molecule has 3 aromatic rings. The number of benzene rings is 1. The van der Waals surface area contributed by atoms with Crippen LogP contribution in [0.3, 0.4) is 0 Å². The molecule has 7 heteroatoms. The Morgan fingerprint density at radius 3 is 3.00 bits per heavy atom. The first-order valence-electron chi connectivity index (χ1n) is 5.81. The summed E-state index contributed by atoms with van der Waals surface area (Å²) in [6.07, 6.45) is 1.45. The van der Waals surface area contributed by atoms with Crippen molar-refractivity contribution in [3.8, 4) is 0 Å². The zero-order chi connectivity index (χ0) is 14.1. The summed E-state index contributed by atoms with van der Waals surface area (Å²) in [6, 6.07) is 7.16. The Morgan fingerprint density at radius 1 is 1.45 bits per heavy atom. The Labute approximate surface area is 123 Å². The standard InChI is InChI=1S/C13H10ClN3O2S/c14-8-2-1-3-9-10(8)11(15)12(20-9)13(18)16-6-7-4-5-19-17-7/h1-5H,6,15H2,(H,16,18). The molecule has 1 amide bonds. The van der Waals surface area contributed by atoms with Crippen molar-refractivity contribution in [3.63, 3.8) is 0 Å². The minimum absolute atomic E-state index is 0.247. The highest BCUT2D eigenvalue weighted by Gasteiger charge is 2.18. The van der Waals surface area contributed by atoms with Gasteiger partial charge in [-0.15, -0.1) is 11.3 Å². The van der Waals surface area contributed by atoms with Crippen LogP contribution >= 0.6 is 22.9 Å². The van der Waals surface area contributed by atoms with Crippen LogP contribution in [0.25, 0.3) is 10.1 Å². The minimum atomic E-state index is -0.247. The zero-order valence-electron chi connectivity index (χ0n) is 10.2. The molecular formula is C13H10ClN3O2S. The van der Waals surface area contributed by atoms with Gasteiger partial charge in [0.05, 0.1) is 17.3 Å². The molecule has 2 heterocycles. The number of hydrogen-bond donors (Lipinski definition) is 2. The molecule has 0 saturated heterocycles. The van der Waals surface area contributed by atoms with Gasteiger partial charge in [0.1, 0.15) is 16.8 Å². The van der Waals surface area contributed by atoms with Crippen molar-refractivity contribution in [1.29, 1.82) is 0 Å². The second-order valence-electron chi connectivity index (χ2n) is 4.13. The van der Waals surface area contributed by atoms with E-state index in [-0.39, 0.29) is 12.5 Å². The first-order chi connectivity index (χ1) is 9.66. The molecule has 1 aromatic carbocycles. The molecule has 0 unspecified atom stereocenters. The van der Waals surface area contributed by atoms with Crippen LogP contribution in [0, 0.1) is 0 Å². The number of halogens is 1. The van der Waals surface area contributed by atoms with E-state index in [1.165, 1.54) is 17.6 Å². The summed E-state index contributed by atoms with van der Waals surface area (Å²) in [5.74, 6) is -0.247. The number of rotatable bonds is 3. The van der Waals surface area contributed by atoms with Crippen molar-refractivity contribution in [2.75, 3.05) is 5.73 Å². The topological polar surface area (TPSA) is 81.2 Å². The van der Waals surface area contributed by atoms with E-state index in [2.05, 4.69) is 10.5 Å². The number of amides is 1. The van der Waals surface area contributed by atoms with Crippen molar-refractivity contribution in [2.24, 2.45) is 0 Å². The number of carbonyl (C=O) groups excluding carboxylic acids is 1. The third-order valence-corrected chi connectivity index (χ3v) is 4.31. The zero-order valence-corrected chi connectivity index (χ0v) is 11.8. The SMILES string of the molecule is Nc1c(C(=O)NCc2ccon2)sc2cccc(Cl)c12. The van der Waals surface area contributed by atoms with E-state index in [0.717, 1.165) is 10.1 Å². The van der Waals surface area contributed by atoms with Crippen molar-refractivity contribution >= 4 is 44.6 Å². The number of nitrogens with two attached hydrogens (primary N) is 1. The molecule has 102 valence electrons. The van der Waals surface area contributed by atoms with E-state index in [1.54, 1.807) is 12.1 Å². The van der Waals surface area contributed by atoms with Crippen molar-refractivity contribution in [3.05, 3.63) is 46.1 Å². The Bertz CT molecular complexity index is 767. The molecule has 2 aromatic heterocycles. The van der Waals surface area contributed by atoms with Gasteiger partial charge in [-0.3, -0.25) is 4.79 Å². The summed E-state index contributed by atoms with van der Waals surface area (Å²) in [6.45, 7) is 0.288. The second kappa shape index (κ2) is 5.15. The molecule has 0 radical (unpaired) electrons. The normalized spacial score (nSPS) is 10.8. The van der Waals surface area contributed by atoms with Gasteiger partial charge in [-0.05, 0) is 12.1 Å². The van der Waals surface area contributed by atoms with Crippen LogP contribution in [0.1, 0.15) is 15.4 Å². The Hall–Kier alpha value is -2.05. The highest BCUT2D eigenvalue weighted by molar-refractivity contribution is 7.21. The summed E-state index contributed by atoms with van der Waals surface area (Å²) >= 11 is 7.43. The molecule has 0 aliphatic carbocycles. The number of hydrogen-bond acceptors (Lipinski definition) is 5. The first-order valence-corrected chi connectivity index (χ1v) is 7.00. The molecule has 3 N–H and O–H groups in total. The second-order valence-corrected chi connectivity index (χ2v) is 5.59. The highest BCUT2D eigenvalue weighted by Crippen LogP contribution is 2.37. The monoisotopic (exact) mass is 307 g/mol. The maximum atomic E-state index is 12.2. The van der Waals surface area contributed by atoms with Gasteiger partial charge in [-0.1, -0.05) is 22.8 Å². The number of nitrogens with one attached hydrogen (secondary N) is 1. The van der Waals surface area contributed by atoms with Crippen LogP contribution in [0.2, 0.25) is 5.02 Å². The van der Waals surface area contributed by atoms with Gasteiger partial charge in [0, 0.05) is 16.2 Å². The van der Waals surface area contributed by atoms with Gasteiger partial charge >= 0.3 is 0 Å². The predicted octanol–water partition coefficient (Wildman–Crippen LogP) is 3.05. The Morgan fingerprint density at radius 2 is 2.30 bits per heavy atom. The lowest BCUT2D eigenvalue weighted by Crippen LogP contribution is -2.22. The van der Waals surface area contributed by atoms with Gasteiger partial charge in [0.15, 0.2) is 0 Å². The average Bonchev–Trinajstić information content (AvgIpc) is 3.05. The molecule has 0 aliphatic heterocycles. The summed E-state index contributed by atoms with van der Waals surface area (Å²) < 4.78 is 5.59. The number of thiophene rings is 1. The third-order valence-electron chi connectivity index (χ3n) is 2.83. The summed E-state index contributed by atoms with van der Waals surface area (Å²) in [7, 11) is 0. The van der Waals surface area contributed by atoms with Gasteiger partial charge < -0.3 is 15.6 Å². The molecular weight excluding hydrogens is 298 g/mol. The van der Waals surface area contributed by atoms with E-state index in [4.69, 9.17) is 21.9 Å². The van der Waals surface area contributed by atoms with E-state index in [9.17, 15) is 4.79 Å². The summed E-state index contributed by atoms with van der Waals surface area (Å²) in [4.78, 5) is 12.6. The largest absolute Gasteiger partial charge is 0.397 e. The quantitative estimate of drug-likeness (QED) is 0.779. The number of nitrogen functional groups attached to an aromatic ring is 1. The molecule has 20 heavy (non-hydrogen) atoms.